The van der Waals surface area contributed by atoms with Crippen LogP contribution < -0.4 is 10.2 Å². The van der Waals surface area contributed by atoms with Crippen LogP contribution in [-0.2, 0) is 9.59 Å². The molecule has 1 aromatic carbocycles. The van der Waals surface area contributed by atoms with Gasteiger partial charge in [0.2, 0.25) is 17.8 Å². The van der Waals surface area contributed by atoms with Gasteiger partial charge in [0.25, 0.3) is 0 Å². The van der Waals surface area contributed by atoms with E-state index in [0.29, 0.717) is 30.5 Å². The highest BCUT2D eigenvalue weighted by atomic mass is 35.5. The van der Waals surface area contributed by atoms with Gasteiger partial charge in [0.15, 0.2) is 0 Å². The van der Waals surface area contributed by atoms with E-state index in [4.69, 9.17) is 11.6 Å². The number of aromatic nitrogens is 2. The maximum atomic E-state index is 12.1. The third-order valence-electron chi connectivity index (χ3n) is 4.63. The number of nitrogens with one attached hydrogen (secondary N) is 1. The smallest absolute Gasteiger partial charge is 0.235 e. The Labute approximate surface area is 143 Å². The summed E-state index contributed by atoms with van der Waals surface area (Å²) in [5, 5.41) is 3.05. The Morgan fingerprint density at radius 2 is 2.12 bits per heavy atom. The Balaban J connectivity index is 1.61. The van der Waals surface area contributed by atoms with E-state index in [9.17, 15) is 9.59 Å². The quantitative estimate of drug-likeness (QED) is 0.845. The maximum Gasteiger partial charge on any atom is 0.235 e. The summed E-state index contributed by atoms with van der Waals surface area (Å²) < 4.78 is 0. The molecule has 1 spiro atoms. The molecule has 1 N–H and O–H groups in total. The molecule has 2 fully saturated rings. The summed E-state index contributed by atoms with van der Waals surface area (Å²) in [7, 11) is 0. The largest absolute Gasteiger partial charge is 0.340 e. The number of hydrogen-bond donors (Lipinski definition) is 1. The average molecular weight is 343 g/mol. The van der Waals surface area contributed by atoms with Crippen LogP contribution in [0, 0.1) is 5.41 Å². The number of rotatable bonds is 2. The molecule has 2 amide bonds. The summed E-state index contributed by atoms with van der Waals surface area (Å²) in [4.78, 5) is 34.5. The molecule has 1 aromatic heterocycles. The second-order valence-electron chi connectivity index (χ2n) is 6.26. The van der Waals surface area contributed by atoms with E-state index in [2.05, 4.69) is 15.3 Å². The van der Waals surface area contributed by atoms with Gasteiger partial charge in [-0.1, -0.05) is 23.7 Å². The highest BCUT2D eigenvalue weighted by Crippen LogP contribution is 2.38. The minimum absolute atomic E-state index is 0.180. The van der Waals surface area contributed by atoms with Crippen LogP contribution in [0.4, 0.5) is 5.95 Å². The minimum Gasteiger partial charge on any atom is -0.340 e. The first-order chi connectivity index (χ1) is 11.6. The second-order valence-corrected chi connectivity index (χ2v) is 6.69. The molecule has 0 bridgehead atoms. The molecule has 7 heteroatoms. The van der Waals surface area contributed by atoms with Crippen molar-refractivity contribution in [2.45, 2.75) is 12.8 Å². The lowest BCUT2D eigenvalue weighted by Crippen LogP contribution is -2.35. The average Bonchev–Trinajstić information content (AvgIpc) is 3.11. The summed E-state index contributed by atoms with van der Waals surface area (Å²) in [6.45, 7) is 1.11. The number of hydrogen-bond acceptors (Lipinski definition) is 5. The molecule has 1 atom stereocenters. The van der Waals surface area contributed by atoms with Crippen molar-refractivity contribution in [3.8, 4) is 11.3 Å². The SMILES string of the molecule is O=C1C[C@]2(CCN(c3nccc(-c4cccc(Cl)c4)n3)C2)C(=O)N1. The molecular weight excluding hydrogens is 328 g/mol. The fraction of sp³-hybridized carbons (Fsp3) is 0.294. The van der Waals surface area contributed by atoms with Gasteiger partial charge in [-0.05, 0) is 24.6 Å². The van der Waals surface area contributed by atoms with Crippen molar-refractivity contribution in [2.75, 3.05) is 18.0 Å². The van der Waals surface area contributed by atoms with Crippen LogP contribution in [0.15, 0.2) is 36.5 Å². The van der Waals surface area contributed by atoms with E-state index in [1.165, 1.54) is 0 Å². The van der Waals surface area contributed by atoms with Gasteiger partial charge in [0, 0.05) is 36.3 Å². The van der Waals surface area contributed by atoms with Crippen molar-refractivity contribution in [3.63, 3.8) is 0 Å². The van der Waals surface area contributed by atoms with E-state index < -0.39 is 5.41 Å². The Hall–Kier alpha value is -2.47. The van der Waals surface area contributed by atoms with Crippen molar-refractivity contribution < 1.29 is 9.59 Å². The lowest BCUT2D eigenvalue weighted by Gasteiger charge is -2.20. The molecule has 24 heavy (non-hydrogen) atoms. The molecule has 0 saturated carbocycles. The van der Waals surface area contributed by atoms with Crippen LogP contribution in [0.3, 0.4) is 0 Å². The van der Waals surface area contributed by atoms with Crippen LogP contribution in [0.2, 0.25) is 5.02 Å². The number of carbonyl (C=O) groups excluding carboxylic acids is 2. The van der Waals surface area contributed by atoms with Gasteiger partial charge < -0.3 is 4.90 Å². The number of imide groups is 1. The molecule has 4 rings (SSSR count). The summed E-state index contributed by atoms with van der Waals surface area (Å²) in [6.07, 6.45) is 2.58. The van der Waals surface area contributed by atoms with Crippen molar-refractivity contribution >= 4 is 29.4 Å². The molecule has 0 unspecified atom stereocenters. The lowest BCUT2D eigenvalue weighted by molar-refractivity contribution is -0.127. The normalized spacial score (nSPS) is 23.1. The lowest BCUT2D eigenvalue weighted by atomic mass is 9.85. The molecule has 3 heterocycles. The number of benzene rings is 1. The van der Waals surface area contributed by atoms with E-state index >= 15 is 0 Å². The minimum atomic E-state index is -0.632. The Kier molecular flexibility index (Phi) is 3.49. The summed E-state index contributed by atoms with van der Waals surface area (Å²) in [5.41, 5.74) is 1.05. The third-order valence-corrected chi connectivity index (χ3v) is 4.87. The molecule has 0 aliphatic carbocycles. The van der Waals surface area contributed by atoms with Crippen LogP contribution in [0.25, 0.3) is 11.3 Å². The van der Waals surface area contributed by atoms with Gasteiger partial charge in [-0.3, -0.25) is 14.9 Å². The first-order valence-electron chi connectivity index (χ1n) is 7.74. The number of anilines is 1. The summed E-state index contributed by atoms with van der Waals surface area (Å²) in [6, 6.07) is 9.30. The molecule has 2 aromatic rings. The Bertz CT molecular complexity index is 841. The van der Waals surface area contributed by atoms with Gasteiger partial charge in [-0.2, -0.15) is 0 Å². The fourth-order valence-corrected chi connectivity index (χ4v) is 3.56. The van der Waals surface area contributed by atoms with Gasteiger partial charge in [0.1, 0.15) is 0 Å². The zero-order chi connectivity index (χ0) is 16.7. The number of nitrogens with zero attached hydrogens (tertiary/aromatic N) is 3. The molecular formula is C17H15ClN4O2. The molecule has 2 saturated heterocycles. The second kappa shape index (κ2) is 5.56. The van der Waals surface area contributed by atoms with Crippen molar-refractivity contribution in [1.29, 1.82) is 0 Å². The zero-order valence-corrected chi connectivity index (χ0v) is 13.6. The summed E-state index contributed by atoms with van der Waals surface area (Å²) in [5.74, 6) is 0.188. The highest BCUT2D eigenvalue weighted by Gasteiger charge is 2.51. The van der Waals surface area contributed by atoms with Gasteiger partial charge in [-0.15, -0.1) is 0 Å². The van der Waals surface area contributed by atoms with E-state index in [1.54, 1.807) is 6.20 Å². The predicted octanol–water partition coefficient (Wildman–Crippen LogP) is 2.04. The standard InChI is InChI=1S/C17H15ClN4O2/c18-12-3-1-2-11(8-12)13-4-6-19-16(20-13)22-7-5-17(10-22)9-14(23)21-15(17)24/h1-4,6,8H,5,7,9-10H2,(H,21,23,24)/t17-/m0/s1. The Morgan fingerprint density at radius 1 is 1.25 bits per heavy atom. The van der Waals surface area contributed by atoms with Gasteiger partial charge in [0.05, 0.1) is 11.1 Å². The highest BCUT2D eigenvalue weighted by molar-refractivity contribution is 6.30. The van der Waals surface area contributed by atoms with Crippen LogP contribution in [-0.4, -0.2) is 34.9 Å². The van der Waals surface area contributed by atoms with E-state index in [0.717, 1.165) is 11.3 Å². The molecule has 2 aliphatic rings. The van der Waals surface area contributed by atoms with E-state index in [-0.39, 0.29) is 18.2 Å². The van der Waals surface area contributed by atoms with Crippen LogP contribution in [0.5, 0.6) is 0 Å². The topological polar surface area (TPSA) is 75.2 Å². The summed E-state index contributed by atoms with van der Waals surface area (Å²) >= 11 is 6.04. The zero-order valence-electron chi connectivity index (χ0n) is 12.8. The first-order valence-corrected chi connectivity index (χ1v) is 8.12. The third kappa shape index (κ3) is 2.53. The maximum absolute atomic E-state index is 12.1. The predicted molar refractivity (Wildman–Crippen MR) is 89.5 cm³/mol. The van der Waals surface area contributed by atoms with Crippen LogP contribution in [0.1, 0.15) is 12.8 Å². The number of carbonyl (C=O) groups is 2. The monoisotopic (exact) mass is 342 g/mol. The van der Waals surface area contributed by atoms with Crippen molar-refractivity contribution in [1.82, 2.24) is 15.3 Å². The fourth-order valence-electron chi connectivity index (χ4n) is 3.37. The molecule has 2 aliphatic heterocycles. The van der Waals surface area contributed by atoms with Crippen molar-refractivity contribution in [2.24, 2.45) is 5.41 Å². The van der Waals surface area contributed by atoms with Gasteiger partial charge >= 0.3 is 0 Å². The Morgan fingerprint density at radius 3 is 2.88 bits per heavy atom. The number of halogens is 1. The van der Waals surface area contributed by atoms with E-state index in [1.807, 2.05) is 35.2 Å². The molecule has 122 valence electrons. The molecule has 0 radical (unpaired) electrons. The van der Waals surface area contributed by atoms with Crippen molar-refractivity contribution in [3.05, 3.63) is 41.6 Å². The molecule has 6 nitrogen and oxygen atoms in total. The first kappa shape index (κ1) is 15.1. The van der Waals surface area contributed by atoms with Gasteiger partial charge in [-0.25, -0.2) is 9.97 Å². The number of amides is 2. The van der Waals surface area contributed by atoms with Crippen LogP contribution >= 0.6 is 11.6 Å².